The Balaban J connectivity index is 1.69. The molecule has 1 aliphatic carbocycles. The maximum atomic E-state index is 12.4. The van der Waals surface area contributed by atoms with Crippen molar-refractivity contribution in [2.45, 2.75) is 38.8 Å². The van der Waals surface area contributed by atoms with Gasteiger partial charge in [-0.15, -0.1) is 0 Å². The van der Waals surface area contributed by atoms with E-state index in [9.17, 15) is 14.7 Å². The smallest absolute Gasteiger partial charge is 0.326 e. The number of benzene rings is 1. The Morgan fingerprint density at radius 3 is 2.67 bits per heavy atom. The van der Waals surface area contributed by atoms with Crippen LogP contribution in [0.15, 0.2) is 36.5 Å². The van der Waals surface area contributed by atoms with Crippen LogP contribution in [0.2, 0.25) is 0 Å². The van der Waals surface area contributed by atoms with Gasteiger partial charge in [-0.3, -0.25) is 9.48 Å². The quantitative estimate of drug-likeness (QED) is 0.817. The molecule has 1 heterocycles. The van der Waals surface area contributed by atoms with E-state index >= 15 is 0 Å². The summed E-state index contributed by atoms with van der Waals surface area (Å²) in [7, 11) is 0. The fourth-order valence-electron chi connectivity index (χ4n) is 2.73. The van der Waals surface area contributed by atoms with Gasteiger partial charge in [0.2, 0.25) is 0 Å². The van der Waals surface area contributed by atoms with Crippen molar-refractivity contribution >= 4 is 11.9 Å². The van der Waals surface area contributed by atoms with Gasteiger partial charge in [-0.05, 0) is 24.8 Å². The summed E-state index contributed by atoms with van der Waals surface area (Å²) in [6, 6.07) is 9.02. The highest BCUT2D eigenvalue weighted by atomic mass is 16.4. The first kappa shape index (κ1) is 16.2. The minimum absolute atomic E-state index is 0.375. The zero-order valence-corrected chi connectivity index (χ0v) is 13.6. The van der Waals surface area contributed by atoms with Gasteiger partial charge in [0.15, 0.2) is 0 Å². The van der Waals surface area contributed by atoms with Crippen LogP contribution in [0.4, 0.5) is 0 Å². The van der Waals surface area contributed by atoms with E-state index in [2.05, 4.69) is 10.4 Å². The van der Waals surface area contributed by atoms with Crippen molar-refractivity contribution in [2.75, 3.05) is 0 Å². The maximum absolute atomic E-state index is 12.4. The van der Waals surface area contributed by atoms with Crippen LogP contribution < -0.4 is 5.32 Å². The Labute approximate surface area is 140 Å². The predicted octanol–water partition coefficient (Wildman–Crippen LogP) is 2.22. The lowest BCUT2D eigenvalue weighted by atomic mass is 10.1. The number of nitrogens with one attached hydrogen (secondary N) is 1. The third kappa shape index (κ3) is 3.82. The molecule has 126 valence electrons. The van der Waals surface area contributed by atoms with Gasteiger partial charge in [0, 0.05) is 5.69 Å². The molecule has 0 radical (unpaired) electrons. The summed E-state index contributed by atoms with van der Waals surface area (Å²) in [6.45, 7) is 2.39. The molecule has 1 atom stereocenters. The Bertz CT molecular complexity index is 735. The standard InChI is InChI=1S/C18H21N3O3/c1-12-15(10-19-21(12)11-14-5-3-2-4-6-14)17(22)20-16(18(23)24)9-13-7-8-13/h2-6,10,13,16H,7-9,11H2,1H3,(H,20,22)(H,23,24). The normalized spacial score (nSPS) is 15.0. The molecular weight excluding hydrogens is 306 g/mol. The fraction of sp³-hybridized carbons (Fsp3) is 0.389. The molecule has 0 spiro atoms. The van der Waals surface area contributed by atoms with Gasteiger partial charge in [-0.25, -0.2) is 4.79 Å². The number of rotatable bonds is 7. The van der Waals surface area contributed by atoms with Crippen molar-refractivity contribution in [3.8, 4) is 0 Å². The van der Waals surface area contributed by atoms with Crippen LogP contribution in [0.3, 0.4) is 0 Å². The maximum Gasteiger partial charge on any atom is 0.326 e. The van der Waals surface area contributed by atoms with Gasteiger partial charge < -0.3 is 10.4 Å². The Morgan fingerprint density at radius 1 is 1.33 bits per heavy atom. The van der Waals surface area contributed by atoms with Crippen LogP contribution in [-0.4, -0.2) is 32.8 Å². The van der Waals surface area contributed by atoms with Gasteiger partial charge in [0.1, 0.15) is 6.04 Å². The van der Waals surface area contributed by atoms with E-state index in [1.54, 1.807) is 4.68 Å². The van der Waals surface area contributed by atoms with Crippen molar-refractivity contribution in [2.24, 2.45) is 5.92 Å². The van der Waals surface area contributed by atoms with E-state index in [0.717, 1.165) is 24.1 Å². The van der Waals surface area contributed by atoms with Crippen molar-refractivity contribution in [1.29, 1.82) is 0 Å². The third-order valence-electron chi connectivity index (χ3n) is 4.39. The van der Waals surface area contributed by atoms with Gasteiger partial charge >= 0.3 is 5.97 Å². The summed E-state index contributed by atoms with van der Waals surface area (Å²) in [4.78, 5) is 23.7. The highest BCUT2D eigenvalue weighted by Gasteiger charge is 2.31. The number of carboxylic acids is 1. The molecule has 1 aromatic heterocycles. The highest BCUT2D eigenvalue weighted by Crippen LogP contribution is 2.33. The van der Waals surface area contributed by atoms with E-state index in [1.807, 2.05) is 37.3 Å². The first-order valence-corrected chi connectivity index (χ1v) is 8.14. The lowest BCUT2D eigenvalue weighted by molar-refractivity contribution is -0.139. The molecule has 1 aromatic carbocycles. The number of aliphatic carboxylic acids is 1. The fourth-order valence-corrected chi connectivity index (χ4v) is 2.73. The van der Waals surface area contributed by atoms with Gasteiger partial charge in [0.05, 0.1) is 18.3 Å². The SMILES string of the molecule is Cc1c(C(=O)NC(CC2CC2)C(=O)O)cnn1Cc1ccccc1. The monoisotopic (exact) mass is 327 g/mol. The summed E-state index contributed by atoms with van der Waals surface area (Å²) in [5.74, 6) is -0.933. The van der Waals surface area contributed by atoms with Crippen molar-refractivity contribution in [3.05, 3.63) is 53.3 Å². The average molecular weight is 327 g/mol. The number of carbonyl (C=O) groups is 2. The lowest BCUT2D eigenvalue weighted by Gasteiger charge is -2.14. The van der Waals surface area contributed by atoms with Crippen LogP contribution in [0.5, 0.6) is 0 Å². The van der Waals surface area contributed by atoms with Crippen LogP contribution in [0.25, 0.3) is 0 Å². The van der Waals surface area contributed by atoms with Gasteiger partial charge in [-0.1, -0.05) is 43.2 Å². The Kier molecular flexibility index (Phi) is 4.64. The molecule has 0 aliphatic heterocycles. The number of hydrogen-bond acceptors (Lipinski definition) is 3. The second-order valence-electron chi connectivity index (χ2n) is 6.33. The molecule has 0 bridgehead atoms. The third-order valence-corrected chi connectivity index (χ3v) is 4.39. The molecule has 2 N–H and O–H groups in total. The molecule has 24 heavy (non-hydrogen) atoms. The van der Waals surface area contributed by atoms with Crippen LogP contribution in [0.1, 0.15) is 40.9 Å². The number of carboxylic acid groups (broad SMARTS) is 1. The minimum Gasteiger partial charge on any atom is -0.480 e. The summed E-state index contributed by atoms with van der Waals surface area (Å²) < 4.78 is 1.75. The number of aromatic nitrogens is 2. The zero-order chi connectivity index (χ0) is 17.1. The summed E-state index contributed by atoms with van der Waals surface area (Å²) in [5, 5.41) is 16.2. The topological polar surface area (TPSA) is 84.2 Å². The molecule has 1 aliphatic rings. The second kappa shape index (κ2) is 6.86. The van der Waals surface area contributed by atoms with Crippen LogP contribution >= 0.6 is 0 Å². The van der Waals surface area contributed by atoms with E-state index < -0.39 is 12.0 Å². The van der Waals surface area contributed by atoms with Crippen molar-refractivity contribution in [3.63, 3.8) is 0 Å². The van der Waals surface area contributed by atoms with Crippen molar-refractivity contribution in [1.82, 2.24) is 15.1 Å². The summed E-state index contributed by atoms with van der Waals surface area (Å²) >= 11 is 0. The van der Waals surface area contributed by atoms with Crippen LogP contribution in [0, 0.1) is 12.8 Å². The lowest BCUT2D eigenvalue weighted by Crippen LogP contribution is -2.41. The summed E-state index contributed by atoms with van der Waals surface area (Å²) in [5.41, 5.74) is 2.24. The number of carbonyl (C=O) groups excluding carboxylic acids is 1. The minimum atomic E-state index is -0.982. The molecule has 6 nitrogen and oxygen atoms in total. The molecule has 2 aromatic rings. The van der Waals surface area contributed by atoms with E-state index in [-0.39, 0.29) is 5.91 Å². The van der Waals surface area contributed by atoms with Crippen molar-refractivity contribution < 1.29 is 14.7 Å². The molecule has 6 heteroatoms. The molecule has 1 saturated carbocycles. The molecule has 1 unspecified atom stereocenters. The predicted molar refractivity (Wildman–Crippen MR) is 88.7 cm³/mol. The highest BCUT2D eigenvalue weighted by molar-refractivity contribution is 5.97. The number of hydrogen-bond donors (Lipinski definition) is 2. The first-order chi connectivity index (χ1) is 11.5. The van der Waals surface area contributed by atoms with Gasteiger partial charge in [0.25, 0.3) is 5.91 Å². The van der Waals surface area contributed by atoms with E-state index in [4.69, 9.17) is 0 Å². The zero-order valence-electron chi connectivity index (χ0n) is 13.6. The van der Waals surface area contributed by atoms with E-state index in [1.165, 1.54) is 6.20 Å². The molecule has 1 amide bonds. The largest absolute Gasteiger partial charge is 0.480 e. The van der Waals surface area contributed by atoms with Crippen LogP contribution in [-0.2, 0) is 11.3 Å². The number of nitrogens with zero attached hydrogens (tertiary/aromatic N) is 2. The summed E-state index contributed by atoms with van der Waals surface area (Å²) in [6.07, 6.45) is 4.10. The Morgan fingerprint density at radius 2 is 2.04 bits per heavy atom. The molecular formula is C18H21N3O3. The molecule has 3 rings (SSSR count). The molecule has 0 saturated heterocycles. The average Bonchev–Trinajstić information content (AvgIpc) is 3.31. The molecule has 1 fully saturated rings. The first-order valence-electron chi connectivity index (χ1n) is 8.14. The second-order valence-corrected chi connectivity index (χ2v) is 6.33. The van der Waals surface area contributed by atoms with Gasteiger partial charge in [-0.2, -0.15) is 5.10 Å². The Hall–Kier alpha value is -2.63. The number of amides is 1. The van der Waals surface area contributed by atoms with E-state index in [0.29, 0.717) is 24.4 Å².